The number of benzene rings is 2. The minimum absolute atomic E-state index is 0.365. The lowest BCUT2D eigenvalue weighted by Crippen LogP contribution is -2.15. The molecule has 0 atom stereocenters. The topological polar surface area (TPSA) is 78.5 Å². The average molecular weight is 443 g/mol. The van der Waals surface area contributed by atoms with Gasteiger partial charge in [-0.3, -0.25) is 5.10 Å². The Kier molecular flexibility index (Phi) is 6.11. The van der Waals surface area contributed by atoms with E-state index in [4.69, 9.17) is 23.2 Å². The summed E-state index contributed by atoms with van der Waals surface area (Å²) in [7, 11) is 0. The Hall–Kier alpha value is -3.16. The van der Waals surface area contributed by atoms with E-state index in [1.807, 2.05) is 6.07 Å². The Morgan fingerprint density at radius 2 is 1.73 bits per heavy atom. The van der Waals surface area contributed by atoms with Crippen LogP contribution in [-0.2, 0) is 0 Å². The van der Waals surface area contributed by atoms with Gasteiger partial charge < -0.3 is 10.6 Å². The molecular formula is C21H17Cl2FN6. The fraction of sp³-hybridized carbons (Fsp3) is 0.0952. The van der Waals surface area contributed by atoms with Crippen molar-refractivity contribution in [2.24, 2.45) is 0 Å². The monoisotopic (exact) mass is 442 g/mol. The number of aromatic nitrogens is 4. The molecular weight excluding hydrogens is 426 g/mol. The number of anilines is 2. The van der Waals surface area contributed by atoms with Crippen molar-refractivity contribution in [3.05, 3.63) is 76.7 Å². The summed E-state index contributed by atoms with van der Waals surface area (Å²) in [5.74, 6) is 1.38. The van der Waals surface area contributed by atoms with E-state index in [0.29, 0.717) is 51.6 Å². The zero-order chi connectivity index (χ0) is 20.9. The maximum Gasteiger partial charge on any atom is 0.163 e. The van der Waals surface area contributed by atoms with Crippen LogP contribution in [0.3, 0.4) is 0 Å². The van der Waals surface area contributed by atoms with E-state index in [0.717, 1.165) is 5.82 Å². The summed E-state index contributed by atoms with van der Waals surface area (Å²) in [6.45, 7) is 1.19. The molecule has 0 amide bonds. The zero-order valence-corrected chi connectivity index (χ0v) is 17.2. The van der Waals surface area contributed by atoms with Gasteiger partial charge in [-0.25, -0.2) is 14.4 Å². The third-order valence-electron chi connectivity index (χ3n) is 4.30. The smallest absolute Gasteiger partial charge is 0.163 e. The molecule has 9 heteroatoms. The molecule has 3 N–H and O–H groups in total. The van der Waals surface area contributed by atoms with E-state index >= 15 is 0 Å². The van der Waals surface area contributed by atoms with Crippen LogP contribution in [0, 0.1) is 5.82 Å². The predicted molar refractivity (Wildman–Crippen MR) is 118 cm³/mol. The van der Waals surface area contributed by atoms with E-state index in [2.05, 4.69) is 30.8 Å². The van der Waals surface area contributed by atoms with Gasteiger partial charge in [-0.1, -0.05) is 35.3 Å². The Bertz CT molecular complexity index is 1150. The van der Waals surface area contributed by atoms with Gasteiger partial charge in [0.15, 0.2) is 5.82 Å². The second kappa shape index (κ2) is 9.11. The first-order valence-electron chi connectivity index (χ1n) is 9.17. The molecule has 0 fully saturated rings. The van der Waals surface area contributed by atoms with Gasteiger partial charge >= 0.3 is 0 Å². The van der Waals surface area contributed by atoms with Gasteiger partial charge in [0.05, 0.1) is 16.9 Å². The normalized spacial score (nSPS) is 10.8. The lowest BCUT2D eigenvalue weighted by molar-refractivity contribution is 0.630. The molecule has 0 saturated heterocycles. The molecule has 6 nitrogen and oxygen atoms in total. The number of rotatable bonds is 7. The van der Waals surface area contributed by atoms with Gasteiger partial charge in [0.1, 0.15) is 17.5 Å². The van der Waals surface area contributed by atoms with Crippen molar-refractivity contribution in [2.75, 3.05) is 23.7 Å². The molecule has 0 spiro atoms. The summed E-state index contributed by atoms with van der Waals surface area (Å²) >= 11 is 12.4. The Balaban J connectivity index is 1.64. The lowest BCUT2D eigenvalue weighted by Gasteiger charge is -2.12. The SMILES string of the molecule is Fc1ccccc1-c1cc(NCCNc2ccn[nH]2)nc(-c2ccc(Cl)cc2Cl)n1. The van der Waals surface area contributed by atoms with Crippen molar-refractivity contribution in [3.8, 4) is 22.6 Å². The summed E-state index contributed by atoms with van der Waals surface area (Å²) < 4.78 is 14.4. The van der Waals surface area contributed by atoms with Crippen molar-refractivity contribution < 1.29 is 4.39 Å². The zero-order valence-electron chi connectivity index (χ0n) is 15.7. The third kappa shape index (κ3) is 4.69. The summed E-state index contributed by atoms with van der Waals surface area (Å²) in [4.78, 5) is 9.11. The van der Waals surface area contributed by atoms with Crippen LogP contribution in [-0.4, -0.2) is 33.3 Å². The van der Waals surface area contributed by atoms with Crippen LogP contribution in [0.15, 0.2) is 60.8 Å². The Morgan fingerprint density at radius 1 is 0.900 bits per heavy atom. The van der Waals surface area contributed by atoms with Crippen LogP contribution < -0.4 is 10.6 Å². The molecule has 2 aromatic carbocycles. The number of nitrogens with zero attached hydrogens (tertiary/aromatic N) is 3. The van der Waals surface area contributed by atoms with Crippen molar-refractivity contribution in [1.82, 2.24) is 20.2 Å². The standard InChI is InChI=1S/C21H17Cl2FN6/c22-13-5-6-14(16(23)11-13)21-28-18(15-3-1-2-4-17(15)24)12-20(29-21)26-10-9-25-19-7-8-27-30-19/h1-8,11-12H,9-10H2,(H2,25,27,30)(H,26,28,29). The van der Waals surface area contributed by atoms with Gasteiger partial charge in [-0.05, 0) is 36.4 Å². The number of hydrogen-bond acceptors (Lipinski definition) is 5. The highest BCUT2D eigenvalue weighted by Crippen LogP contribution is 2.31. The first kappa shape index (κ1) is 20.1. The molecule has 2 heterocycles. The summed E-state index contributed by atoms with van der Waals surface area (Å²) in [6.07, 6.45) is 1.67. The van der Waals surface area contributed by atoms with Gasteiger partial charge in [0.25, 0.3) is 0 Å². The van der Waals surface area contributed by atoms with Crippen molar-refractivity contribution in [2.45, 2.75) is 0 Å². The molecule has 0 aliphatic heterocycles. The molecule has 0 aliphatic rings. The fourth-order valence-corrected chi connectivity index (χ4v) is 3.37. The summed E-state index contributed by atoms with van der Waals surface area (Å²) in [6, 6.07) is 15.1. The minimum Gasteiger partial charge on any atom is -0.369 e. The molecule has 0 aliphatic carbocycles. The number of halogens is 3. The molecule has 0 radical (unpaired) electrons. The van der Waals surface area contributed by atoms with Crippen LogP contribution in [0.1, 0.15) is 0 Å². The average Bonchev–Trinajstić information content (AvgIpc) is 3.25. The first-order valence-corrected chi connectivity index (χ1v) is 9.92. The minimum atomic E-state index is -0.365. The van der Waals surface area contributed by atoms with Crippen molar-refractivity contribution in [1.29, 1.82) is 0 Å². The van der Waals surface area contributed by atoms with Gasteiger partial charge in [0, 0.05) is 35.3 Å². The third-order valence-corrected chi connectivity index (χ3v) is 4.84. The van der Waals surface area contributed by atoms with Crippen LogP contribution in [0.5, 0.6) is 0 Å². The quantitative estimate of drug-likeness (QED) is 0.329. The molecule has 4 rings (SSSR count). The molecule has 30 heavy (non-hydrogen) atoms. The molecule has 0 bridgehead atoms. The van der Waals surface area contributed by atoms with Crippen molar-refractivity contribution >= 4 is 34.8 Å². The van der Waals surface area contributed by atoms with E-state index in [-0.39, 0.29) is 5.82 Å². The maximum absolute atomic E-state index is 14.4. The van der Waals surface area contributed by atoms with Crippen LogP contribution in [0.25, 0.3) is 22.6 Å². The van der Waals surface area contributed by atoms with Gasteiger partial charge in [-0.2, -0.15) is 5.10 Å². The van der Waals surface area contributed by atoms with Crippen molar-refractivity contribution in [3.63, 3.8) is 0 Å². The second-order valence-electron chi connectivity index (χ2n) is 6.39. The van der Waals surface area contributed by atoms with E-state index in [1.165, 1.54) is 6.07 Å². The van der Waals surface area contributed by atoms with Crippen LogP contribution in [0.4, 0.5) is 16.0 Å². The van der Waals surface area contributed by atoms with E-state index in [1.54, 1.807) is 48.7 Å². The largest absolute Gasteiger partial charge is 0.369 e. The predicted octanol–water partition coefficient (Wildman–Crippen LogP) is 5.50. The van der Waals surface area contributed by atoms with Gasteiger partial charge in [-0.15, -0.1) is 0 Å². The molecule has 2 aromatic heterocycles. The summed E-state index contributed by atoms with van der Waals surface area (Å²) in [5.41, 5.74) is 1.44. The highest BCUT2D eigenvalue weighted by Gasteiger charge is 2.14. The second-order valence-corrected chi connectivity index (χ2v) is 7.23. The lowest BCUT2D eigenvalue weighted by atomic mass is 10.1. The number of H-pyrrole nitrogens is 1. The Morgan fingerprint density at radius 3 is 2.50 bits per heavy atom. The number of aromatic amines is 1. The Labute approximate surface area is 182 Å². The molecule has 0 saturated carbocycles. The molecule has 4 aromatic rings. The summed E-state index contributed by atoms with van der Waals surface area (Å²) in [5, 5.41) is 14.1. The molecule has 0 unspecified atom stereocenters. The van der Waals surface area contributed by atoms with Crippen LogP contribution >= 0.6 is 23.2 Å². The highest BCUT2D eigenvalue weighted by molar-refractivity contribution is 6.36. The molecule has 152 valence electrons. The number of hydrogen-bond donors (Lipinski definition) is 3. The fourth-order valence-electron chi connectivity index (χ4n) is 2.88. The van der Waals surface area contributed by atoms with E-state index < -0.39 is 0 Å². The highest BCUT2D eigenvalue weighted by atomic mass is 35.5. The first-order chi connectivity index (χ1) is 14.6. The van der Waals surface area contributed by atoms with Crippen LogP contribution in [0.2, 0.25) is 10.0 Å². The van der Waals surface area contributed by atoms with Gasteiger partial charge in [0.2, 0.25) is 0 Å². The van der Waals surface area contributed by atoms with E-state index in [9.17, 15) is 4.39 Å². The number of nitrogens with one attached hydrogen (secondary N) is 3. The maximum atomic E-state index is 14.4.